The Bertz CT molecular complexity index is 681. The van der Waals surface area contributed by atoms with Gasteiger partial charge in [-0.15, -0.1) is 0 Å². The Hall–Kier alpha value is -1.18. The smallest absolute Gasteiger partial charge is 0.115 e. The van der Waals surface area contributed by atoms with Crippen molar-refractivity contribution >= 4 is 0 Å². The third kappa shape index (κ3) is 2.22. The first kappa shape index (κ1) is 16.0. The van der Waals surface area contributed by atoms with Crippen LogP contribution in [0.2, 0.25) is 0 Å². The average Bonchev–Trinajstić information content (AvgIpc) is 2.99. The minimum Gasteiger partial charge on any atom is -0.245 e. The highest BCUT2D eigenvalue weighted by Gasteiger charge is 2.58. The van der Waals surface area contributed by atoms with Crippen molar-refractivity contribution in [1.82, 2.24) is 9.97 Å². The molecule has 1 aromatic rings. The zero-order valence-corrected chi connectivity index (χ0v) is 15.9. The fourth-order valence-corrected chi connectivity index (χ4v) is 7.75. The van der Waals surface area contributed by atoms with Crippen LogP contribution in [0, 0.1) is 28.6 Å². The molecular formula is C23H32N2. The summed E-state index contributed by atoms with van der Waals surface area (Å²) in [6, 6.07) is 2.18. The minimum atomic E-state index is 0.460. The highest BCUT2D eigenvalue weighted by Crippen LogP contribution is 2.68. The van der Waals surface area contributed by atoms with Crippen LogP contribution in [0.1, 0.15) is 83.2 Å². The minimum absolute atomic E-state index is 0.460. The third-order valence-electron chi connectivity index (χ3n) is 8.99. The second kappa shape index (κ2) is 5.66. The summed E-state index contributed by atoms with van der Waals surface area (Å²) in [6.07, 6.45) is 18.9. The Morgan fingerprint density at radius 2 is 1.96 bits per heavy atom. The van der Waals surface area contributed by atoms with E-state index in [9.17, 15) is 0 Å². The van der Waals surface area contributed by atoms with E-state index in [2.05, 4.69) is 36.0 Å². The van der Waals surface area contributed by atoms with Crippen LogP contribution in [-0.4, -0.2) is 9.97 Å². The van der Waals surface area contributed by atoms with E-state index in [4.69, 9.17) is 0 Å². The highest BCUT2D eigenvalue weighted by atomic mass is 14.8. The predicted octanol–water partition coefficient (Wildman–Crippen LogP) is 5.91. The summed E-state index contributed by atoms with van der Waals surface area (Å²) in [7, 11) is 0. The van der Waals surface area contributed by atoms with Crippen LogP contribution >= 0.6 is 0 Å². The van der Waals surface area contributed by atoms with E-state index in [1.54, 1.807) is 6.33 Å². The summed E-state index contributed by atoms with van der Waals surface area (Å²) in [6.45, 7) is 5.22. The average molecular weight is 337 g/mol. The number of hydrogen-bond donors (Lipinski definition) is 0. The van der Waals surface area contributed by atoms with E-state index in [0.29, 0.717) is 16.7 Å². The van der Waals surface area contributed by atoms with Gasteiger partial charge in [0.1, 0.15) is 6.33 Å². The van der Waals surface area contributed by atoms with Gasteiger partial charge in [-0.2, -0.15) is 0 Å². The number of hydrogen-bond acceptors (Lipinski definition) is 2. The summed E-state index contributed by atoms with van der Waals surface area (Å²) in [5.41, 5.74) is 4.12. The molecule has 4 aliphatic carbocycles. The molecule has 1 aromatic heterocycles. The summed E-state index contributed by atoms with van der Waals surface area (Å²) in [5.74, 6) is 3.45. The first-order valence-corrected chi connectivity index (χ1v) is 10.6. The van der Waals surface area contributed by atoms with Gasteiger partial charge in [0.05, 0.1) is 0 Å². The van der Waals surface area contributed by atoms with E-state index >= 15 is 0 Å². The second-order valence-corrected chi connectivity index (χ2v) is 9.76. The Kier molecular flexibility index (Phi) is 3.63. The normalized spacial score (nSPS) is 45.9. The molecular weight excluding hydrogens is 304 g/mol. The van der Waals surface area contributed by atoms with Crippen LogP contribution in [0.4, 0.5) is 0 Å². The molecule has 2 heteroatoms. The molecule has 134 valence electrons. The lowest BCUT2D eigenvalue weighted by Crippen LogP contribution is -2.49. The maximum absolute atomic E-state index is 4.66. The topological polar surface area (TPSA) is 25.8 Å². The monoisotopic (exact) mass is 336 g/mol. The molecule has 2 nitrogen and oxygen atoms in total. The highest BCUT2D eigenvalue weighted by molar-refractivity contribution is 5.25. The Balaban J connectivity index is 1.47. The first-order valence-electron chi connectivity index (χ1n) is 10.6. The molecule has 0 saturated heterocycles. The van der Waals surface area contributed by atoms with E-state index in [1.165, 1.54) is 63.5 Å². The maximum Gasteiger partial charge on any atom is 0.115 e. The fraction of sp³-hybridized carbons (Fsp3) is 0.739. The zero-order chi connectivity index (χ0) is 17.1. The molecule has 0 N–H and O–H groups in total. The van der Waals surface area contributed by atoms with Gasteiger partial charge in [0.15, 0.2) is 0 Å². The summed E-state index contributed by atoms with van der Waals surface area (Å²) in [4.78, 5) is 8.81. The second-order valence-electron chi connectivity index (χ2n) is 9.76. The maximum atomic E-state index is 4.66. The molecule has 5 rings (SSSR count). The molecule has 0 aliphatic heterocycles. The summed E-state index contributed by atoms with van der Waals surface area (Å²) in [5, 5.41) is 0. The molecule has 25 heavy (non-hydrogen) atoms. The largest absolute Gasteiger partial charge is 0.245 e. The van der Waals surface area contributed by atoms with Crippen LogP contribution in [0.25, 0.3) is 0 Å². The molecule has 3 fully saturated rings. The first-order chi connectivity index (χ1) is 12.1. The SMILES string of the molecule is C[C@]12CC[C@H]3[C@@H](CCC4=CCCC[C@@]43C)[C@@H]1CC[C@@H]2c1ccncn1. The van der Waals surface area contributed by atoms with Gasteiger partial charge >= 0.3 is 0 Å². The lowest BCUT2D eigenvalue weighted by molar-refractivity contribution is -0.0418. The van der Waals surface area contributed by atoms with Gasteiger partial charge in [-0.3, -0.25) is 0 Å². The van der Waals surface area contributed by atoms with Gasteiger partial charge in [0.25, 0.3) is 0 Å². The van der Waals surface area contributed by atoms with Gasteiger partial charge < -0.3 is 0 Å². The van der Waals surface area contributed by atoms with Crippen molar-refractivity contribution < 1.29 is 0 Å². The van der Waals surface area contributed by atoms with E-state index in [1.807, 2.05) is 11.8 Å². The number of nitrogens with zero attached hydrogens (tertiary/aromatic N) is 2. The van der Waals surface area contributed by atoms with E-state index < -0.39 is 0 Å². The van der Waals surface area contributed by atoms with Gasteiger partial charge in [-0.05, 0) is 92.4 Å². The molecule has 1 heterocycles. The number of fused-ring (bicyclic) bond motifs is 5. The molecule has 4 aliphatic rings. The van der Waals surface area contributed by atoms with Crippen molar-refractivity contribution in [2.24, 2.45) is 28.6 Å². The number of aromatic nitrogens is 2. The quantitative estimate of drug-likeness (QED) is 0.595. The van der Waals surface area contributed by atoms with Crippen molar-refractivity contribution in [3.63, 3.8) is 0 Å². The molecule has 0 unspecified atom stereocenters. The van der Waals surface area contributed by atoms with Crippen molar-refractivity contribution in [1.29, 1.82) is 0 Å². The summed E-state index contributed by atoms with van der Waals surface area (Å²) < 4.78 is 0. The van der Waals surface area contributed by atoms with Gasteiger partial charge in [0.2, 0.25) is 0 Å². The number of allylic oxidation sites excluding steroid dienone is 2. The Labute approximate surface area is 152 Å². The van der Waals surface area contributed by atoms with Crippen LogP contribution in [0.5, 0.6) is 0 Å². The summed E-state index contributed by atoms with van der Waals surface area (Å²) >= 11 is 0. The van der Waals surface area contributed by atoms with Crippen molar-refractivity contribution in [2.75, 3.05) is 0 Å². The van der Waals surface area contributed by atoms with Crippen LogP contribution in [0.3, 0.4) is 0 Å². The molecule has 3 saturated carbocycles. The fourth-order valence-electron chi connectivity index (χ4n) is 7.75. The van der Waals surface area contributed by atoms with Crippen molar-refractivity contribution in [3.05, 3.63) is 35.9 Å². The van der Waals surface area contributed by atoms with Crippen LogP contribution < -0.4 is 0 Å². The molecule has 0 radical (unpaired) electrons. The lowest BCUT2D eigenvalue weighted by Gasteiger charge is -2.58. The molecule has 6 atom stereocenters. The lowest BCUT2D eigenvalue weighted by atomic mass is 9.47. The van der Waals surface area contributed by atoms with Crippen molar-refractivity contribution in [3.8, 4) is 0 Å². The predicted molar refractivity (Wildman–Crippen MR) is 101 cm³/mol. The van der Waals surface area contributed by atoms with Crippen LogP contribution in [-0.2, 0) is 0 Å². The Morgan fingerprint density at radius 3 is 2.80 bits per heavy atom. The van der Waals surface area contributed by atoms with E-state index in [-0.39, 0.29) is 0 Å². The molecule has 0 aromatic carbocycles. The zero-order valence-electron chi connectivity index (χ0n) is 15.9. The number of rotatable bonds is 1. The molecule has 0 bridgehead atoms. The third-order valence-corrected chi connectivity index (χ3v) is 8.99. The molecule has 0 spiro atoms. The van der Waals surface area contributed by atoms with Gasteiger partial charge in [-0.1, -0.05) is 25.5 Å². The Morgan fingerprint density at radius 1 is 1.04 bits per heavy atom. The van der Waals surface area contributed by atoms with Crippen molar-refractivity contribution in [2.45, 2.75) is 77.6 Å². The van der Waals surface area contributed by atoms with Gasteiger partial charge in [0, 0.05) is 17.8 Å². The van der Waals surface area contributed by atoms with Crippen LogP contribution in [0.15, 0.2) is 30.2 Å². The van der Waals surface area contributed by atoms with Gasteiger partial charge in [-0.25, -0.2) is 9.97 Å². The standard InChI is InChI=1S/C23H32N2/c1-22-12-4-3-5-16(22)6-7-17-18-8-9-20(21-11-14-24-15-25-21)23(18,2)13-10-19(17)22/h5,11,14-15,17-20H,3-4,6-10,12-13H2,1-2H3/t17-,18-,19-,20+,22-,23-/m0/s1. The van der Waals surface area contributed by atoms with E-state index in [0.717, 1.165) is 17.8 Å². The molecule has 0 amide bonds.